The summed E-state index contributed by atoms with van der Waals surface area (Å²) in [5, 5.41) is 19.6. The van der Waals surface area contributed by atoms with Crippen molar-refractivity contribution >= 4 is 5.97 Å². The predicted molar refractivity (Wildman–Crippen MR) is 146 cm³/mol. The number of ether oxygens (including phenoxy) is 3. The fourth-order valence-corrected chi connectivity index (χ4v) is 4.62. The first kappa shape index (κ1) is 34.5. The fourth-order valence-electron chi connectivity index (χ4n) is 4.62. The molecule has 1 radical (unpaired) electrons. The molecule has 8 heteroatoms. The molecule has 7 nitrogen and oxygen atoms in total. The van der Waals surface area contributed by atoms with E-state index in [2.05, 4.69) is 24.9 Å². The van der Waals surface area contributed by atoms with Gasteiger partial charge in [-0.1, -0.05) is 71.0 Å². The first-order valence-corrected chi connectivity index (χ1v) is 13.7. The van der Waals surface area contributed by atoms with Gasteiger partial charge in [0.25, 0.3) is 0 Å². The van der Waals surface area contributed by atoms with Crippen molar-refractivity contribution in [3.8, 4) is 11.5 Å². The molecule has 209 valence electrons. The Kier molecular flexibility index (Phi) is 16.3. The molecule has 1 aliphatic carbocycles. The third-order valence-corrected chi connectivity index (χ3v) is 6.66. The average Bonchev–Trinajstić information content (AvgIpc) is 2.94. The van der Waals surface area contributed by atoms with Gasteiger partial charge in [-0.3, -0.25) is 0 Å². The van der Waals surface area contributed by atoms with E-state index in [1.165, 1.54) is 5.56 Å². The van der Waals surface area contributed by atoms with Crippen molar-refractivity contribution in [2.75, 3.05) is 13.6 Å². The summed E-state index contributed by atoms with van der Waals surface area (Å²) >= 11 is 0. The van der Waals surface area contributed by atoms with Gasteiger partial charge in [0.1, 0.15) is 6.61 Å². The summed E-state index contributed by atoms with van der Waals surface area (Å²) in [5.41, 5.74) is 3.33. The van der Waals surface area contributed by atoms with Crippen LogP contribution in [0, 0.1) is 0 Å². The van der Waals surface area contributed by atoms with E-state index in [-0.39, 0.29) is 45.6 Å². The Morgan fingerprint density at radius 2 is 1.76 bits per heavy atom. The summed E-state index contributed by atoms with van der Waals surface area (Å²) in [6.07, 6.45) is 0.298. The summed E-state index contributed by atoms with van der Waals surface area (Å²) in [4.78, 5) is 13.8. The number of aliphatic hydroxyl groups excluding tert-OH is 1. The number of carboxylic acids is 1. The Bertz CT molecular complexity index is 957. The van der Waals surface area contributed by atoms with Crippen LogP contribution >= 0.6 is 0 Å². The molecule has 2 aliphatic rings. The van der Waals surface area contributed by atoms with Crippen molar-refractivity contribution in [3.63, 3.8) is 0 Å². The third kappa shape index (κ3) is 9.60. The number of aliphatic carboxylic acids is 1. The second-order valence-electron chi connectivity index (χ2n) is 8.91. The van der Waals surface area contributed by atoms with Gasteiger partial charge in [-0.2, -0.15) is 0 Å². The van der Waals surface area contributed by atoms with Crippen LogP contribution in [0.3, 0.4) is 0 Å². The normalized spacial score (nSPS) is 21.9. The molecule has 0 aromatic heterocycles. The summed E-state index contributed by atoms with van der Waals surface area (Å²) in [6.45, 7) is 11.5. The molecule has 2 aromatic rings. The van der Waals surface area contributed by atoms with Crippen LogP contribution in [0.5, 0.6) is 11.5 Å². The Balaban J connectivity index is 0.00000138. The van der Waals surface area contributed by atoms with E-state index in [1.54, 1.807) is 0 Å². The van der Waals surface area contributed by atoms with Gasteiger partial charge in [-0.25, -0.2) is 4.79 Å². The molecule has 1 fully saturated rings. The summed E-state index contributed by atoms with van der Waals surface area (Å²) in [6, 6.07) is 14.4. The van der Waals surface area contributed by atoms with Crippen LogP contribution in [-0.2, 0) is 61.7 Å². The second-order valence-corrected chi connectivity index (χ2v) is 8.91. The van der Waals surface area contributed by atoms with Crippen LogP contribution in [0.15, 0.2) is 42.5 Å². The number of likely N-dealkylation sites (N-methyl/N-ethyl adjacent to an activating group) is 1. The monoisotopic (exact) mass is 604 g/mol. The number of rotatable bonds is 8. The SMILES string of the molecule is CC.CC.CCN(C)C1CCc2c(ccc(OCc3ccccc3)c2OC2CC(O)CC(C(=O)O)O2)C1.[Y]. The number of benzene rings is 2. The average molecular weight is 605 g/mol. The zero-order chi connectivity index (χ0) is 27.4. The first-order chi connectivity index (χ1) is 17.9. The van der Waals surface area contributed by atoms with Crippen molar-refractivity contribution in [2.24, 2.45) is 0 Å². The molecule has 4 rings (SSSR count). The van der Waals surface area contributed by atoms with Gasteiger partial charge in [0, 0.05) is 57.2 Å². The molecule has 2 N–H and O–H groups in total. The van der Waals surface area contributed by atoms with E-state index in [1.807, 2.05) is 64.1 Å². The quantitative estimate of drug-likeness (QED) is 0.414. The number of fused-ring (bicyclic) bond motifs is 1. The van der Waals surface area contributed by atoms with Gasteiger partial charge in [0.2, 0.25) is 6.29 Å². The largest absolute Gasteiger partial charge is 0.485 e. The smallest absolute Gasteiger partial charge is 0.333 e. The Labute approximate surface area is 253 Å². The molecule has 0 amide bonds. The molecule has 0 saturated carbocycles. The number of hydrogen-bond donors (Lipinski definition) is 2. The van der Waals surface area contributed by atoms with Gasteiger partial charge in [-0.05, 0) is 50.0 Å². The van der Waals surface area contributed by atoms with Crippen LogP contribution in [-0.4, -0.2) is 59.2 Å². The zero-order valence-corrected chi connectivity index (χ0v) is 26.7. The van der Waals surface area contributed by atoms with Crippen molar-refractivity contribution in [1.29, 1.82) is 0 Å². The van der Waals surface area contributed by atoms with Crippen LogP contribution in [0.2, 0.25) is 0 Å². The molecule has 1 heterocycles. The number of nitrogens with zero attached hydrogens (tertiary/aromatic N) is 1. The summed E-state index contributed by atoms with van der Waals surface area (Å²) in [5.74, 6) is 0.114. The van der Waals surface area contributed by atoms with E-state index in [9.17, 15) is 15.0 Å². The van der Waals surface area contributed by atoms with Gasteiger partial charge < -0.3 is 29.3 Å². The Morgan fingerprint density at radius 3 is 2.39 bits per heavy atom. The second kappa shape index (κ2) is 18.0. The summed E-state index contributed by atoms with van der Waals surface area (Å²) in [7, 11) is 2.15. The van der Waals surface area contributed by atoms with Crippen molar-refractivity contribution < 1.29 is 61.9 Å². The van der Waals surface area contributed by atoms with E-state index >= 15 is 0 Å². The standard InChI is InChI=1S/C26H33NO6.2C2H6.Y/c1-3-27(2)19-10-11-21-18(13-19)9-12-22(31-16-17-7-5-4-6-8-17)25(21)33-24-15-20(28)14-23(32-24)26(29)30;2*1-2;/h4-9,12,19-20,23-24,28H,3,10-11,13-16H2,1-2H3,(H,29,30);2*1-2H3;. The summed E-state index contributed by atoms with van der Waals surface area (Å²) < 4.78 is 18.1. The number of carbonyl (C=O) groups is 1. The van der Waals surface area contributed by atoms with E-state index in [4.69, 9.17) is 14.2 Å². The van der Waals surface area contributed by atoms with Crippen LogP contribution < -0.4 is 9.47 Å². The van der Waals surface area contributed by atoms with Crippen molar-refractivity contribution in [1.82, 2.24) is 4.90 Å². The maximum absolute atomic E-state index is 11.5. The predicted octanol–water partition coefficient (Wildman–Crippen LogP) is 5.45. The number of carboxylic acid groups (broad SMARTS) is 1. The minimum absolute atomic E-state index is 0. The molecule has 0 bridgehead atoms. The van der Waals surface area contributed by atoms with Gasteiger partial charge >= 0.3 is 5.97 Å². The Morgan fingerprint density at radius 1 is 1.08 bits per heavy atom. The Hall–Kier alpha value is -1.51. The van der Waals surface area contributed by atoms with E-state index in [0.29, 0.717) is 24.1 Å². The minimum Gasteiger partial charge on any atom is -0.485 e. The van der Waals surface area contributed by atoms with Gasteiger partial charge in [0.15, 0.2) is 17.6 Å². The van der Waals surface area contributed by atoms with Gasteiger partial charge in [-0.15, -0.1) is 0 Å². The van der Waals surface area contributed by atoms with Crippen LogP contribution in [0.25, 0.3) is 0 Å². The molecule has 1 saturated heterocycles. The topological polar surface area (TPSA) is 88.5 Å². The molecule has 4 atom stereocenters. The molecular weight excluding hydrogens is 559 g/mol. The maximum Gasteiger partial charge on any atom is 0.333 e. The van der Waals surface area contributed by atoms with Crippen molar-refractivity contribution in [2.45, 2.75) is 97.9 Å². The van der Waals surface area contributed by atoms with Crippen molar-refractivity contribution in [3.05, 3.63) is 59.2 Å². The molecule has 0 spiro atoms. The zero-order valence-electron chi connectivity index (χ0n) is 23.9. The number of aliphatic hydroxyl groups is 1. The molecule has 2 aromatic carbocycles. The third-order valence-electron chi connectivity index (χ3n) is 6.66. The fraction of sp³-hybridized carbons (Fsp3) is 0.567. The first-order valence-electron chi connectivity index (χ1n) is 13.7. The van der Waals surface area contributed by atoms with Crippen LogP contribution in [0.4, 0.5) is 0 Å². The minimum atomic E-state index is -1.09. The van der Waals surface area contributed by atoms with E-state index < -0.39 is 24.5 Å². The molecule has 4 unspecified atom stereocenters. The molecule has 38 heavy (non-hydrogen) atoms. The maximum atomic E-state index is 11.5. The molecule has 1 aliphatic heterocycles. The van der Waals surface area contributed by atoms with E-state index in [0.717, 1.165) is 36.9 Å². The van der Waals surface area contributed by atoms with Crippen LogP contribution in [0.1, 0.15) is 70.6 Å². The molecular formula is C30H45NO6Y. The number of hydrogen-bond acceptors (Lipinski definition) is 6. The van der Waals surface area contributed by atoms with Gasteiger partial charge in [0.05, 0.1) is 6.10 Å².